The zero-order valence-corrected chi connectivity index (χ0v) is 16.7. The zero-order valence-electron chi connectivity index (χ0n) is 15.0. The Balaban J connectivity index is 1.87. The molecule has 0 aliphatic carbocycles. The quantitative estimate of drug-likeness (QED) is 0.745. The molecule has 1 aromatic carbocycles. The van der Waals surface area contributed by atoms with Gasteiger partial charge < -0.3 is 5.32 Å². The van der Waals surface area contributed by atoms with Gasteiger partial charge in [-0.2, -0.15) is 0 Å². The molecule has 1 aromatic heterocycles. The molecule has 0 aliphatic heterocycles. The molecule has 0 aliphatic rings. The summed E-state index contributed by atoms with van der Waals surface area (Å²) in [5, 5.41) is 2.93. The Hall–Kier alpha value is -1.90. The lowest BCUT2D eigenvalue weighted by Gasteiger charge is -2.16. The number of hydrogen-bond acceptors (Lipinski definition) is 5. The van der Waals surface area contributed by atoms with Crippen molar-refractivity contribution in [2.24, 2.45) is 0 Å². The summed E-state index contributed by atoms with van der Waals surface area (Å²) in [4.78, 5) is 16.4. The summed E-state index contributed by atoms with van der Waals surface area (Å²) in [6, 6.07) is 10.2. The Morgan fingerprint density at radius 3 is 2.50 bits per heavy atom. The fourth-order valence-corrected chi connectivity index (χ4v) is 3.93. The second-order valence-corrected chi connectivity index (χ2v) is 9.14. The highest BCUT2D eigenvalue weighted by molar-refractivity contribution is 7.99. The maximum Gasteiger partial charge on any atom is 0.242 e. The van der Waals surface area contributed by atoms with E-state index >= 15 is 0 Å². The molecule has 1 N–H and O–H groups in total. The van der Waals surface area contributed by atoms with E-state index in [2.05, 4.69) is 10.3 Å². The van der Waals surface area contributed by atoms with Crippen molar-refractivity contribution in [3.05, 3.63) is 59.9 Å². The molecule has 1 unspecified atom stereocenters. The van der Waals surface area contributed by atoms with Crippen molar-refractivity contribution < 1.29 is 13.2 Å². The number of carbonyl (C=O) groups is 1. The standard InChI is InChI=1S/C18H23N3O3S2/c1-14(16-6-8-17(9-7-16)26(23,24)21(2)3)20-18(22)13-25-12-15-5-4-10-19-11-15/h4-11,14H,12-13H2,1-3H3,(H,20,22). The van der Waals surface area contributed by atoms with E-state index in [4.69, 9.17) is 0 Å². The van der Waals surface area contributed by atoms with Crippen molar-refractivity contribution >= 4 is 27.7 Å². The summed E-state index contributed by atoms with van der Waals surface area (Å²) in [6.07, 6.45) is 3.51. The van der Waals surface area contributed by atoms with Gasteiger partial charge in [-0.1, -0.05) is 18.2 Å². The van der Waals surface area contributed by atoms with E-state index in [1.54, 1.807) is 36.7 Å². The van der Waals surface area contributed by atoms with Crippen molar-refractivity contribution in [3.8, 4) is 0 Å². The van der Waals surface area contributed by atoms with Gasteiger partial charge >= 0.3 is 0 Å². The number of sulfonamides is 1. The van der Waals surface area contributed by atoms with Crippen LogP contribution in [-0.4, -0.2) is 43.5 Å². The fourth-order valence-electron chi connectivity index (χ4n) is 2.25. The largest absolute Gasteiger partial charge is 0.349 e. The van der Waals surface area contributed by atoms with E-state index in [9.17, 15) is 13.2 Å². The number of hydrogen-bond donors (Lipinski definition) is 1. The minimum atomic E-state index is -3.44. The maximum absolute atomic E-state index is 12.1. The van der Waals surface area contributed by atoms with Crippen LogP contribution in [-0.2, 0) is 20.6 Å². The summed E-state index contributed by atoms with van der Waals surface area (Å²) >= 11 is 1.52. The molecular weight excluding hydrogens is 370 g/mol. The van der Waals surface area contributed by atoms with Gasteiger partial charge in [0.1, 0.15) is 0 Å². The lowest BCUT2D eigenvalue weighted by atomic mass is 10.1. The van der Waals surface area contributed by atoms with Crippen molar-refractivity contribution in [2.75, 3.05) is 19.8 Å². The summed E-state index contributed by atoms with van der Waals surface area (Å²) in [5.41, 5.74) is 1.93. The highest BCUT2D eigenvalue weighted by Gasteiger charge is 2.17. The second-order valence-electron chi connectivity index (χ2n) is 6.00. The topological polar surface area (TPSA) is 79.4 Å². The van der Waals surface area contributed by atoms with Crippen LogP contribution in [0.5, 0.6) is 0 Å². The van der Waals surface area contributed by atoms with Crippen LogP contribution in [0.1, 0.15) is 24.1 Å². The smallest absolute Gasteiger partial charge is 0.242 e. The van der Waals surface area contributed by atoms with Gasteiger partial charge in [0, 0.05) is 32.2 Å². The van der Waals surface area contributed by atoms with Crippen LogP contribution >= 0.6 is 11.8 Å². The van der Waals surface area contributed by atoms with Crippen LogP contribution in [0.2, 0.25) is 0 Å². The number of nitrogens with one attached hydrogen (secondary N) is 1. The first-order valence-electron chi connectivity index (χ1n) is 8.09. The van der Waals surface area contributed by atoms with E-state index in [0.717, 1.165) is 16.9 Å². The molecule has 0 saturated heterocycles. The Labute approximate surface area is 159 Å². The fraction of sp³-hybridized carbons (Fsp3) is 0.333. The molecule has 0 fully saturated rings. The lowest BCUT2D eigenvalue weighted by molar-refractivity contribution is -0.119. The first-order chi connectivity index (χ1) is 12.3. The molecule has 1 amide bonds. The number of thioether (sulfide) groups is 1. The van der Waals surface area contributed by atoms with E-state index in [1.165, 1.54) is 30.2 Å². The molecular formula is C18H23N3O3S2. The summed E-state index contributed by atoms with van der Waals surface area (Å²) in [7, 11) is -0.453. The molecule has 0 spiro atoms. The second kappa shape index (κ2) is 9.16. The SMILES string of the molecule is CC(NC(=O)CSCc1cccnc1)c1ccc(S(=O)(=O)N(C)C)cc1. The maximum atomic E-state index is 12.1. The van der Waals surface area contributed by atoms with Crippen molar-refractivity contribution in [1.82, 2.24) is 14.6 Å². The molecule has 6 nitrogen and oxygen atoms in total. The Morgan fingerprint density at radius 2 is 1.92 bits per heavy atom. The Bertz CT molecular complexity index is 823. The first-order valence-corrected chi connectivity index (χ1v) is 10.7. The van der Waals surface area contributed by atoms with Crippen LogP contribution in [0.25, 0.3) is 0 Å². The zero-order chi connectivity index (χ0) is 19.2. The number of rotatable bonds is 8. The van der Waals surface area contributed by atoms with Gasteiger partial charge in [-0.25, -0.2) is 12.7 Å². The molecule has 2 aromatic rings. The summed E-state index contributed by atoms with van der Waals surface area (Å²) in [5.74, 6) is 1.02. The van der Waals surface area contributed by atoms with Crippen LogP contribution in [0.15, 0.2) is 53.7 Å². The minimum absolute atomic E-state index is 0.0589. The van der Waals surface area contributed by atoms with Crippen LogP contribution in [0.3, 0.4) is 0 Å². The molecule has 1 heterocycles. The highest BCUT2D eigenvalue weighted by atomic mass is 32.2. The van der Waals surface area contributed by atoms with Gasteiger partial charge in [-0.3, -0.25) is 9.78 Å². The van der Waals surface area contributed by atoms with Gasteiger partial charge in [-0.15, -0.1) is 11.8 Å². The Kier molecular flexibility index (Phi) is 7.19. The van der Waals surface area contributed by atoms with Crippen molar-refractivity contribution in [1.29, 1.82) is 0 Å². The third-order valence-electron chi connectivity index (χ3n) is 3.76. The monoisotopic (exact) mass is 393 g/mol. The third-order valence-corrected chi connectivity index (χ3v) is 6.59. The molecule has 0 bridgehead atoms. The molecule has 0 radical (unpaired) electrons. The van der Waals surface area contributed by atoms with Gasteiger partial charge in [0.05, 0.1) is 16.7 Å². The number of nitrogens with zero attached hydrogens (tertiary/aromatic N) is 2. The molecule has 1 atom stereocenters. The number of carbonyl (C=O) groups excluding carboxylic acids is 1. The summed E-state index contributed by atoms with van der Waals surface area (Å²) in [6.45, 7) is 1.87. The predicted octanol–water partition coefficient (Wildman–Crippen LogP) is 2.44. The average molecular weight is 394 g/mol. The minimum Gasteiger partial charge on any atom is -0.349 e. The number of pyridine rings is 1. The van der Waals surface area contributed by atoms with E-state index in [-0.39, 0.29) is 16.8 Å². The van der Waals surface area contributed by atoms with Gasteiger partial charge in [0.25, 0.3) is 0 Å². The molecule has 140 valence electrons. The van der Waals surface area contributed by atoms with Crippen LogP contribution in [0.4, 0.5) is 0 Å². The van der Waals surface area contributed by atoms with Gasteiger partial charge in [0.2, 0.25) is 15.9 Å². The predicted molar refractivity (Wildman–Crippen MR) is 104 cm³/mol. The average Bonchev–Trinajstić information content (AvgIpc) is 2.62. The van der Waals surface area contributed by atoms with E-state index < -0.39 is 10.0 Å². The molecule has 8 heteroatoms. The molecule has 2 rings (SSSR count). The molecule has 26 heavy (non-hydrogen) atoms. The van der Waals surface area contributed by atoms with Gasteiger partial charge in [-0.05, 0) is 36.2 Å². The normalized spacial score (nSPS) is 12.8. The third kappa shape index (κ3) is 5.55. The van der Waals surface area contributed by atoms with E-state index in [0.29, 0.717) is 5.75 Å². The van der Waals surface area contributed by atoms with E-state index in [1.807, 2.05) is 19.1 Å². The van der Waals surface area contributed by atoms with Crippen molar-refractivity contribution in [2.45, 2.75) is 23.6 Å². The Morgan fingerprint density at radius 1 is 1.23 bits per heavy atom. The van der Waals surface area contributed by atoms with Crippen LogP contribution < -0.4 is 5.32 Å². The van der Waals surface area contributed by atoms with Crippen LogP contribution in [0, 0.1) is 0 Å². The number of aromatic nitrogens is 1. The lowest BCUT2D eigenvalue weighted by Crippen LogP contribution is -2.28. The first kappa shape index (κ1) is 20.4. The summed E-state index contributed by atoms with van der Waals surface area (Å²) < 4.78 is 25.3. The van der Waals surface area contributed by atoms with Gasteiger partial charge in [0.15, 0.2) is 0 Å². The van der Waals surface area contributed by atoms with Crippen molar-refractivity contribution in [3.63, 3.8) is 0 Å². The molecule has 0 saturated carbocycles. The highest BCUT2D eigenvalue weighted by Crippen LogP contribution is 2.18. The number of benzene rings is 1. The number of amides is 1.